The van der Waals surface area contributed by atoms with Gasteiger partial charge in [0.25, 0.3) is 5.91 Å². The molecule has 0 radical (unpaired) electrons. The van der Waals surface area contributed by atoms with E-state index < -0.39 is 0 Å². The largest absolute Gasteiger partial charge is 0.396 e. The van der Waals surface area contributed by atoms with Crippen LogP contribution in [0.25, 0.3) is 0 Å². The molecule has 0 spiro atoms. The molecule has 3 N–H and O–H groups in total. The molecule has 1 aromatic rings. The van der Waals surface area contributed by atoms with E-state index >= 15 is 0 Å². The fourth-order valence-electron chi connectivity index (χ4n) is 1.73. The van der Waals surface area contributed by atoms with Crippen LogP contribution in [0.15, 0.2) is 6.20 Å². The maximum Gasteiger partial charge on any atom is 0.276 e. The third-order valence-corrected chi connectivity index (χ3v) is 2.89. The lowest BCUT2D eigenvalue weighted by atomic mass is 10.3. The van der Waals surface area contributed by atoms with Crippen LogP contribution in [0.5, 0.6) is 0 Å². The maximum absolute atomic E-state index is 12.2. The average Bonchev–Trinajstić information content (AvgIpc) is 2.84. The van der Waals surface area contributed by atoms with E-state index in [0.717, 1.165) is 6.42 Å². The SMILES string of the molecule is CCn1cc(N)c(C(=O)N(C)CC(=O)NCCCOC)n1. The number of anilines is 1. The van der Waals surface area contributed by atoms with Crippen molar-refractivity contribution in [2.75, 3.05) is 39.6 Å². The Hall–Kier alpha value is -2.09. The minimum Gasteiger partial charge on any atom is -0.396 e. The van der Waals surface area contributed by atoms with Gasteiger partial charge in [-0.25, -0.2) is 0 Å². The molecule has 0 saturated carbocycles. The van der Waals surface area contributed by atoms with E-state index in [2.05, 4.69) is 10.4 Å². The fourth-order valence-corrected chi connectivity index (χ4v) is 1.73. The van der Waals surface area contributed by atoms with Crippen LogP contribution in [-0.4, -0.2) is 60.3 Å². The van der Waals surface area contributed by atoms with Crippen molar-refractivity contribution in [1.82, 2.24) is 20.0 Å². The molecular weight excluding hydrogens is 274 g/mol. The first-order chi connectivity index (χ1) is 9.99. The number of carbonyl (C=O) groups excluding carboxylic acids is 2. The third kappa shape index (κ3) is 5.07. The van der Waals surface area contributed by atoms with Crippen LogP contribution in [-0.2, 0) is 16.1 Å². The molecule has 21 heavy (non-hydrogen) atoms. The summed E-state index contributed by atoms with van der Waals surface area (Å²) in [7, 11) is 3.15. The van der Waals surface area contributed by atoms with Crippen LogP contribution in [0, 0.1) is 0 Å². The number of carbonyl (C=O) groups is 2. The van der Waals surface area contributed by atoms with Crippen molar-refractivity contribution >= 4 is 17.5 Å². The van der Waals surface area contributed by atoms with Gasteiger partial charge in [0, 0.05) is 40.1 Å². The summed E-state index contributed by atoms with van der Waals surface area (Å²) in [6.45, 7) is 3.59. The molecule has 0 aliphatic rings. The second-order valence-electron chi connectivity index (χ2n) is 4.65. The van der Waals surface area contributed by atoms with E-state index in [0.29, 0.717) is 25.4 Å². The van der Waals surface area contributed by atoms with Crippen molar-refractivity contribution in [2.45, 2.75) is 19.9 Å². The number of ether oxygens (including phenoxy) is 1. The van der Waals surface area contributed by atoms with Gasteiger partial charge in [-0.2, -0.15) is 5.10 Å². The second-order valence-corrected chi connectivity index (χ2v) is 4.65. The number of nitrogens with one attached hydrogen (secondary N) is 1. The predicted octanol–water partition coefficient (Wildman–Crippen LogP) is -0.290. The number of rotatable bonds is 8. The molecular formula is C13H23N5O3. The topological polar surface area (TPSA) is 102 Å². The van der Waals surface area contributed by atoms with Gasteiger partial charge in [0.1, 0.15) is 0 Å². The highest BCUT2D eigenvalue weighted by atomic mass is 16.5. The lowest BCUT2D eigenvalue weighted by molar-refractivity contribution is -0.121. The van der Waals surface area contributed by atoms with Crippen molar-refractivity contribution in [1.29, 1.82) is 0 Å². The molecule has 0 unspecified atom stereocenters. The number of aromatic nitrogens is 2. The van der Waals surface area contributed by atoms with Crippen molar-refractivity contribution in [3.8, 4) is 0 Å². The molecule has 1 heterocycles. The van der Waals surface area contributed by atoms with Gasteiger partial charge in [-0.3, -0.25) is 14.3 Å². The molecule has 2 amide bonds. The highest BCUT2D eigenvalue weighted by Crippen LogP contribution is 2.11. The Morgan fingerprint density at radius 3 is 2.81 bits per heavy atom. The molecule has 118 valence electrons. The lowest BCUT2D eigenvalue weighted by Crippen LogP contribution is -2.39. The number of amides is 2. The van der Waals surface area contributed by atoms with Gasteiger partial charge in [-0.15, -0.1) is 0 Å². The zero-order chi connectivity index (χ0) is 15.8. The second kappa shape index (κ2) is 8.25. The van der Waals surface area contributed by atoms with Gasteiger partial charge in [0.15, 0.2) is 5.69 Å². The van der Waals surface area contributed by atoms with Crippen LogP contribution in [0.1, 0.15) is 23.8 Å². The van der Waals surface area contributed by atoms with Crippen molar-refractivity contribution < 1.29 is 14.3 Å². The number of likely N-dealkylation sites (N-methyl/N-ethyl adjacent to an activating group) is 1. The highest BCUT2D eigenvalue weighted by Gasteiger charge is 2.20. The molecule has 0 aromatic carbocycles. The van der Waals surface area contributed by atoms with Gasteiger partial charge in [-0.1, -0.05) is 0 Å². The van der Waals surface area contributed by atoms with Crippen molar-refractivity contribution in [3.05, 3.63) is 11.9 Å². The van der Waals surface area contributed by atoms with Crippen molar-refractivity contribution in [2.24, 2.45) is 0 Å². The number of hydrogen-bond acceptors (Lipinski definition) is 5. The molecule has 0 bridgehead atoms. The lowest BCUT2D eigenvalue weighted by Gasteiger charge is -2.15. The molecule has 1 rings (SSSR count). The van der Waals surface area contributed by atoms with E-state index in [1.54, 1.807) is 25.0 Å². The van der Waals surface area contributed by atoms with Crippen LogP contribution in [0.3, 0.4) is 0 Å². The van der Waals surface area contributed by atoms with Gasteiger partial charge < -0.3 is 20.7 Å². The first-order valence-corrected chi connectivity index (χ1v) is 6.83. The fraction of sp³-hybridized carbons (Fsp3) is 0.615. The van der Waals surface area contributed by atoms with Gasteiger partial charge in [0.2, 0.25) is 5.91 Å². The molecule has 0 aliphatic heterocycles. The Morgan fingerprint density at radius 1 is 1.52 bits per heavy atom. The summed E-state index contributed by atoms with van der Waals surface area (Å²) < 4.78 is 6.47. The Balaban J connectivity index is 2.50. The van der Waals surface area contributed by atoms with E-state index in [1.807, 2.05) is 6.92 Å². The standard InChI is InChI=1S/C13H23N5O3/c1-4-18-8-10(14)12(16-18)13(20)17(2)9-11(19)15-6-5-7-21-3/h8H,4-7,9,14H2,1-3H3,(H,15,19). The van der Waals surface area contributed by atoms with E-state index in [1.165, 1.54) is 4.90 Å². The van der Waals surface area contributed by atoms with E-state index in [-0.39, 0.29) is 24.1 Å². The molecule has 1 aromatic heterocycles. The normalized spacial score (nSPS) is 10.4. The van der Waals surface area contributed by atoms with E-state index in [4.69, 9.17) is 10.5 Å². The molecule has 8 nitrogen and oxygen atoms in total. The summed E-state index contributed by atoms with van der Waals surface area (Å²) in [6.07, 6.45) is 2.33. The minimum atomic E-state index is -0.369. The van der Waals surface area contributed by atoms with Crippen LogP contribution in [0.4, 0.5) is 5.69 Å². The average molecular weight is 297 g/mol. The molecule has 8 heteroatoms. The van der Waals surface area contributed by atoms with Crippen molar-refractivity contribution in [3.63, 3.8) is 0 Å². The number of nitrogen functional groups attached to an aromatic ring is 1. The summed E-state index contributed by atoms with van der Waals surface area (Å²) in [6, 6.07) is 0. The predicted molar refractivity (Wildman–Crippen MR) is 78.8 cm³/mol. The Labute approximate surface area is 124 Å². The van der Waals surface area contributed by atoms with Crippen LogP contribution >= 0.6 is 0 Å². The number of aryl methyl sites for hydroxylation is 1. The minimum absolute atomic E-state index is 0.0375. The third-order valence-electron chi connectivity index (χ3n) is 2.89. The number of methoxy groups -OCH3 is 1. The summed E-state index contributed by atoms with van der Waals surface area (Å²) >= 11 is 0. The summed E-state index contributed by atoms with van der Waals surface area (Å²) in [5.41, 5.74) is 6.24. The summed E-state index contributed by atoms with van der Waals surface area (Å²) in [4.78, 5) is 25.2. The zero-order valence-electron chi connectivity index (χ0n) is 12.8. The van der Waals surface area contributed by atoms with Crippen LogP contribution in [0.2, 0.25) is 0 Å². The number of nitrogens with zero attached hydrogens (tertiary/aromatic N) is 3. The first-order valence-electron chi connectivity index (χ1n) is 6.83. The smallest absolute Gasteiger partial charge is 0.276 e. The quantitative estimate of drug-likeness (QED) is 0.642. The van der Waals surface area contributed by atoms with Gasteiger partial charge in [-0.05, 0) is 13.3 Å². The van der Waals surface area contributed by atoms with E-state index in [9.17, 15) is 9.59 Å². The molecule has 0 saturated heterocycles. The van der Waals surface area contributed by atoms with Gasteiger partial charge >= 0.3 is 0 Å². The summed E-state index contributed by atoms with van der Waals surface area (Å²) in [5, 5.41) is 6.81. The Kier molecular flexibility index (Phi) is 6.67. The Morgan fingerprint density at radius 2 is 2.24 bits per heavy atom. The summed E-state index contributed by atoms with van der Waals surface area (Å²) in [5.74, 6) is -0.595. The molecule has 0 fully saturated rings. The van der Waals surface area contributed by atoms with Gasteiger partial charge in [0.05, 0.1) is 12.2 Å². The first kappa shape index (κ1) is 17.0. The maximum atomic E-state index is 12.2. The number of hydrogen-bond donors (Lipinski definition) is 2. The number of nitrogens with two attached hydrogens (primary N) is 1. The molecule has 0 aliphatic carbocycles. The Bertz CT molecular complexity index is 486. The monoisotopic (exact) mass is 297 g/mol. The van der Waals surface area contributed by atoms with Crippen LogP contribution < -0.4 is 11.1 Å². The molecule has 0 atom stereocenters. The highest BCUT2D eigenvalue weighted by molar-refractivity contribution is 5.98. The zero-order valence-corrected chi connectivity index (χ0v) is 12.8.